The molecular weight excluding hydrogens is 426 g/mol. The number of anilines is 2. The summed E-state index contributed by atoms with van der Waals surface area (Å²) in [7, 11) is -3.46. The van der Waals surface area contributed by atoms with Gasteiger partial charge in [0, 0.05) is 38.2 Å². The molecule has 1 N–H and O–H groups in total. The molecule has 1 aliphatic heterocycles. The summed E-state index contributed by atoms with van der Waals surface area (Å²) in [6, 6.07) is 13.2. The minimum Gasteiger partial charge on any atom is -0.352 e. The van der Waals surface area contributed by atoms with Crippen LogP contribution in [0.3, 0.4) is 0 Å². The van der Waals surface area contributed by atoms with Crippen molar-refractivity contribution in [2.45, 2.75) is 46.1 Å². The third-order valence-electron chi connectivity index (χ3n) is 5.80. The van der Waals surface area contributed by atoms with Crippen LogP contribution in [0.15, 0.2) is 42.5 Å². The summed E-state index contributed by atoms with van der Waals surface area (Å²) in [5, 5.41) is 2.89. The standard InChI is InChI=1S/C24H31N3O4S/c1-18-8-4-11-22(19(18)2)27(32(3,30)31)15-6-12-23(28)25-17-20-9-5-10-21(16-20)26-14-7-13-24(26)29/h4-5,8-11,16H,6-7,12-15,17H2,1-3H3,(H,25,28). The van der Waals surface area contributed by atoms with Crippen molar-refractivity contribution in [1.82, 2.24) is 5.32 Å². The summed E-state index contributed by atoms with van der Waals surface area (Å²) in [5.74, 6) is -0.00692. The maximum atomic E-state index is 12.4. The topological polar surface area (TPSA) is 86.8 Å². The first-order valence-corrected chi connectivity index (χ1v) is 12.7. The molecule has 0 unspecified atom stereocenters. The average Bonchev–Trinajstić information content (AvgIpc) is 3.17. The molecule has 32 heavy (non-hydrogen) atoms. The highest BCUT2D eigenvalue weighted by Crippen LogP contribution is 2.25. The van der Waals surface area contributed by atoms with Crippen LogP contribution < -0.4 is 14.5 Å². The fourth-order valence-corrected chi connectivity index (χ4v) is 4.91. The van der Waals surface area contributed by atoms with E-state index in [-0.39, 0.29) is 24.8 Å². The maximum absolute atomic E-state index is 12.4. The van der Waals surface area contributed by atoms with Crippen molar-refractivity contribution in [3.05, 3.63) is 59.2 Å². The zero-order valence-corrected chi connectivity index (χ0v) is 19.7. The van der Waals surface area contributed by atoms with Crippen LogP contribution in [0.4, 0.5) is 11.4 Å². The van der Waals surface area contributed by atoms with Crippen LogP contribution in [0.5, 0.6) is 0 Å². The van der Waals surface area contributed by atoms with E-state index in [1.807, 2.05) is 50.2 Å². The van der Waals surface area contributed by atoms with E-state index < -0.39 is 10.0 Å². The third-order valence-corrected chi connectivity index (χ3v) is 6.98. The van der Waals surface area contributed by atoms with Crippen molar-refractivity contribution in [3.63, 3.8) is 0 Å². The van der Waals surface area contributed by atoms with Gasteiger partial charge < -0.3 is 10.2 Å². The Labute approximate surface area is 190 Å². The molecule has 7 nitrogen and oxygen atoms in total. The van der Waals surface area contributed by atoms with E-state index in [4.69, 9.17) is 0 Å². The van der Waals surface area contributed by atoms with Crippen LogP contribution in [0.25, 0.3) is 0 Å². The SMILES string of the molecule is Cc1cccc(N(CCCC(=O)NCc2cccc(N3CCCC3=O)c2)S(C)(=O)=O)c1C. The van der Waals surface area contributed by atoms with Crippen molar-refractivity contribution in [3.8, 4) is 0 Å². The Morgan fingerprint density at radius 1 is 1.16 bits per heavy atom. The molecule has 3 rings (SSSR count). The van der Waals surface area contributed by atoms with Crippen LogP contribution in [-0.4, -0.2) is 39.6 Å². The van der Waals surface area contributed by atoms with Crippen molar-refractivity contribution in [2.75, 3.05) is 28.6 Å². The van der Waals surface area contributed by atoms with E-state index in [1.165, 1.54) is 10.6 Å². The predicted octanol–water partition coefficient (Wildman–Crippen LogP) is 3.29. The van der Waals surface area contributed by atoms with E-state index in [0.29, 0.717) is 25.1 Å². The highest BCUT2D eigenvalue weighted by Gasteiger charge is 2.22. The highest BCUT2D eigenvalue weighted by atomic mass is 32.2. The molecule has 1 fully saturated rings. The fraction of sp³-hybridized carbons (Fsp3) is 0.417. The lowest BCUT2D eigenvalue weighted by Gasteiger charge is -2.25. The monoisotopic (exact) mass is 457 g/mol. The van der Waals surface area contributed by atoms with Gasteiger partial charge in [0.15, 0.2) is 0 Å². The molecule has 172 valence electrons. The molecule has 2 aromatic carbocycles. The Bertz CT molecular complexity index is 1100. The van der Waals surface area contributed by atoms with Gasteiger partial charge >= 0.3 is 0 Å². The second-order valence-corrected chi connectivity index (χ2v) is 10.2. The van der Waals surface area contributed by atoms with Gasteiger partial charge in [-0.25, -0.2) is 8.42 Å². The molecule has 2 amide bonds. The lowest BCUT2D eigenvalue weighted by molar-refractivity contribution is -0.121. The number of hydrogen-bond acceptors (Lipinski definition) is 4. The Morgan fingerprint density at radius 2 is 1.91 bits per heavy atom. The predicted molar refractivity (Wildman–Crippen MR) is 127 cm³/mol. The van der Waals surface area contributed by atoms with Crippen LogP contribution in [-0.2, 0) is 26.2 Å². The van der Waals surface area contributed by atoms with Crippen LogP contribution >= 0.6 is 0 Å². The van der Waals surface area contributed by atoms with Gasteiger partial charge in [-0.1, -0.05) is 24.3 Å². The van der Waals surface area contributed by atoms with Crippen molar-refractivity contribution < 1.29 is 18.0 Å². The highest BCUT2D eigenvalue weighted by molar-refractivity contribution is 7.92. The number of nitrogens with zero attached hydrogens (tertiary/aromatic N) is 2. The summed E-state index contributed by atoms with van der Waals surface area (Å²) in [6.45, 7) is 5.18. The smallest absolute Gasteiger partial charge is 0.232 e. The Kier molecular flexibility index (Phi) is 7.56. The van der Waals surface area contributed by atoms with E-state index in [9.17, 15) is 18.0 Å². The Hall–Kier alpha value is -2.87. The lowest BCUT2D eigenvalue weighted by atomic mass is 10.1. The number of nitrogens with one attached hydrogen (secondary N) is 1. The van der Waals surface area contributed by atoms with Gasteiger partial charge in [0.05, 0.1) is 11.9 Å². The van der Waals surface area contributed by atoms with E-state index in [1.54, 1.807) is 11.0 Å². The number of sulfonamides is 1. The summed E-state index contributed by atoms with van der Waals surface area (Å²) < 4.78 is 26.1. The van der Waals surface area contributed by atoms with Crippen molar-refractivity contribution in [2.24, 2.45) is 0 Å². The first-order chi connectivity index (χ1) is 15.2. The molecule has 0 atom stereocenters. The molecular formula is C24H31N3O4S. The maximum Gasteiger partial charge on any atom is 0.232 e. The normalized spacial score (nSPS) is 14.0. The van der Waals surface area contributed by atoms with Gasteiger partial charge in [-0.2, -0.15) is 0 Å². The van der Waals surface area contributed by atoms with Gasteiger partial charge in [0.25, 0.3) is 0 Å². The number of carbonyl (C=O) groups excluding carboxylic acids is 2. The molecule has 1 aliphatic rings. The molecule has 0 saturated carbocycles. The largest absolute Gasteiger partial charge is 0.352 e. The first kappa shape index (κ1) is 23.8. The van der Waals surface area contributed by atoms with Crippen molar-refractivity contribution >= 4 is 33.2 Å². The van der Waals surface area contributed by atoms with Crippen LogP contribution in [0.1, 0.15) is 42.4 Å². The second-order valence-electron chi connectivity index (χ2n) is 8.25. The summed E-state index contributed by atoms with van der Waals surface area (Å²) >= 11 is 0. The number of rotatable bonds is 9. The van der Waals surface area contributed by atoms with E-state index in [0.717, 1.165) is 35.3 Å². The summed E-state index contributed by atoms with van der Waals surface area (Å²) in [6.07, 6.45) is 3.27. The molecule has 0 spiro atoms. The molecule has 2 aromatic rings. The minimum absolute atomic E-state index is 0.130. The van der Waals surface area contributed by atoms with Gasteiger partial charge in [-0.05, 0) is 61.6 Å². The lowest BCUT2D eigenvalue weighted by Crippen LogP contribution is -2.32. The van der Waals surface area contributed by atoms with Crippen molar-refractivity contribution in [1.29, 1.82) is 0 Å². The molecule has 1 saturated heterocycles. The van der Waals surface area contributed by atoms with Gasteiger partial charge in [0.2, 0.25) is 21.8 Å². The quantitative estimate of drug-likeness (QED) is 0.626. The number of carbonyl (C=O) groups is 2. The summed E-state index contributed by atoms with van der Waals surface area (Å²) in [5.41, 5.74) is 4.37. The van der Waals surface area contributed by atoms with Gasteiger partial charge in [-0.15, -0.1) is 0 Å². The molecule has 0 aliphatic carbocycles. The first-order valence-electron chi connectivity index (χ1n) is 10.9. The zero-order chi connectivity index (χ0) is 23.3. The molecule has 0 radical (unpaired) electrons. The van der Waals surface area contributed by atoms with Gasteiger partial charge in [-0.3, -0.25) is 13.9 Å². The second kappa shape index (κ2) is 10.2. The molecule has 1 heterocycles. The fourth-order valence-electron chi connectivity index (χ4n) is 3.90. The number of amides is 2. The third kappa shape index (κ3) is 5.88. The molecule has 0 bridgehead atoms. The number of hydrogen-bond donors (Lipinski definition) is 1. The molecule has 8 heteroatoms. The minimum atomic E-state index is -3.46. The average molecular weight is 458 g/mol. The van der Waals surface area contributed by atoms with E-state index >= 15 is 0 Å². The zero-order valence-electron chi connectivity index (χ0n) is 18.9. The Morgan fingerprint density at radius 3 is 2.59 bits per heavy atom. The van der Waals surface area contributed by atoms with Gasteiger partial charge in [0.1, 0.15) is 0 Å². The Balaban J connectivity index is 1.54. The number of aryl methyl sites for hydroxylation is 1. The molecule has 0 aromatic heterocycles. The van der Waals surface area contributed by atoms with E-state index in [2.05, 4.69) is 5.32 Å². The van der Waals surface area contributed by atoms with Crippen LogP contribution in [0.2, 0.25) is 0 Å². The summed E-state index contributed by atoms with van der Waals surface area (Å²) in [4.78, 5) is 26.1. The number of benzene rings is 2. The van der Waals surface area contributed by atoms with Crippen LogP contribution in [0, 0.1) is 13.8 Å².